The number of H-pyrrole nitrogens is 4. The zero-order chi connectivity index (χ0) is 85.2. The Morgan fingerprint density at radius 3 is 0.950 bits per heavy atom. The molecule has 616 valence electrons. The molecule has 24 heteroatoms. The molecule has 0 atom stereocenters. The van der Waals surface area contributed by atoms with E-state index in [0.29, 0.717) is 61.3 Å². The molecule has 8 aromatic rings. The maximum absolute atomic E-state index is 12.5. The molecule has 120 heavy (non-hydrogen) atoms. The van der Waals surface area contributed by atoms with Crippen LogP contribution < -0.4 is 45.0 Å². The fourth-order valence-corrected chi connectivity index (χ4v) is 15.6. The molecule has 0 aliphatic carbocycles. The van der Waals surface area contributed by atoms with Gasteiger partial charge in [0.25, 0.3) is 22.2 Å². The molecule has 8 aromatic carbocycles. The monoisotopic (exact) mass is 1610 g/mol. The fourth-order valence-electron chi connectivity index (χ4n) is 15.6. The van der Waals surface area contributed by atoms with Crippen molar-refractivity contribution in [2.75, 3.05) is 0 Å². The summed E-state index contributed by atoms with van der Waals surface area (Å²) in [5.74, 6) is 2.27. The molecule has 8 heterocycles. The number of rotatable bonds is 23. The molecule has 0 bridgehead atoms. The number of benzene rings is 8. The van der Waals surface area contributed by atoms with Gasteiger partial charge >= 0.3 is 22.8 Å². The predicted molar refractivity (Wildman–Crippen MR) is 477 cm³/mol. The van der Waals surface area contributed by atoms with Crippen LogP contribution in [0.3, 0.4) is 0 Å². The van der Waals surface area contributed by atoms with Crippen LogP contribution in [0.25, 0.3) is 90.2 Å². The van der Waals surface area contributed by atoms with Crippen LogP contribution in [0.2, 0.25) is 0 Å². The third-order valence-corrected chi connectivity index (χ3v) is 22.1. The Morgan fingerprint density at radius 2 is 0.617 bits per heavy atom. The van der Waals surface area contributed by atoms with Crippen molar-refractivity contribution in [3.63, 3.8) is 0 Å². The molecule has 8 aliphatic rings. The van der Waals surface area contributed by atoms with Gasteiger partial charge in [0.05, 0.1) is 44.1 Å². The summed E-state index contributed by atoms with van der Waals surface area (Å²) in [6.07, 6.45) is 11.8. The molecule has 0 amide bonds. The van der Waals surface area contributed by atoms with Crippen LogP contribution in [0, 0.1) is 47.5 Å². The number of aromatic amines is 4. The Labute approximate surface area is 694 Å². The summed E-state index contributed by atoms with van der Waals surface area (Å²) in [5, 5.41) is 0. The fraction of sp³-hybridized carbons (Fsp3) is 0.333. The number of hydrogen-bond donors (Lipinski definition) is 4. The van der Waals surface area contributed by atoms with Gasteiger partial charge in [-0.3, -0.25) is 39.1 Å². The minimum Gasteiger partial charge on any atom is -0.322 e. The van der Waals surface area contributed by atoms with Crippen molar-refractivity contribution in [2.45, 2.75) is 206 Å². The first-order valence-corrected chi connectivity index (χ1v) is 41.7. The minimum atomic E-state index is -0.644. The second-order valence-electron chi connectivity index (χ2n) is 32.2. The van der Waals surface area contributed by atoms with Crippen LogP contribution in [-0.4, -0.2) is 78.1 Å². The Kier molecular flexibility index (Phi) is 26.6. The summed E-state index contributed by atoms with van der Waals surface area (Å²) in [4.78, 5) is 141. The summed E-state index contributed by atoms with van der Waals surface area (Å²) in [6, 6.07) is 52.7. The molecule has 8 aliphatic heterocycles. The summed E-state index contributed by atoms with van der Waals surface area (Å²) in [6.45, 7) is 30.1. The molecule has 4 N–H and O–H groups in total. The second-order valence-corrected chi connectivity index (χ2v) is 32.2. The van der Waals surface area contributed by atoms with Crippen LogP contribution in [0.4, 0.5) is 0 Å². The molecule has 0 spiro atoms. The summed E-state index contributed by atoms with van der Waals surface area (Å²) < 4.78 is 7.91. The molecular weight excluding hydrogens is 1510 g/mol. The number of aromatic nitrogens is 16. The zero-order valence-electron chi connectivity index (χ0n) is 70.7. The smallest absolute Gasteiger partial charge is 0.322 e. The SMILES string of the molecule is CCCc1cc2c(cc1C)nc1c(=O)[nH]c(=O)nc-1n2CCCc1ccc(C)cc1.CCc1cc2nc3c(=O)[nH]c(=O)nc-3n(CCCc3ccc(C)cc3)c2cc1C.CCc1cc2nc3c(=O)[nH]c(=O)nc-3n(CCCc3ccc(C)cc3)c2cc1CC(C)C.Cc1ccc(CCCn2c3nc(=O)[nH]c(=O)c-3nc3cc(C(C)C)ccc32)cc1. The van der Waals surface area contributed by atoms with Crippen molar-refractivity contribution in [1.29, 1.82) is 0 Å². The normalized spacial score (nSPS) is 11.5. The first-order valence-electron chi connectivity index (χ1n) is 41.7. The van der Waals surface area contributed by atoms with Crippen molar-refractivity contribution in [2.24, 2.45) is 5.92 Å². The highest BCUT2D eigenvalue weighted by Crippen LogP contribution is 2.32. The molecule has 0 radical (unpaired) electrons. The first kappa shape index (κ1) is 84.8. The average Bonchev–Trinajstić information content (AvgIpc) is 0.773. The van der Waals surface area contributed by atoms with Gasteiger partial charge in [-0.2, -0.15) is 19.9 Å². The molecule has 24 nitrogen and oxygen atoms in total. The van der Waals surface area contributed by atoms with Gasteiger partial charge in [0, 0.05) is 26.2 Å². The largest absolute Gasteiger partial charge is 0.349 e. The third kappa shape index (κ3) is 19.8. The van der Waals surface area contributed by atoms with Crippen LogP contribution >= 0.6 is 0 Å². The minimum absolute atomic E-state index is 0.202. The van der Waals surface area contributed by atoms with E-state index in [2.05, 4.69) is 277 Å². The number of fused-ring (bicyclic) bond motifs is 8. The van der Waals surface area contributed by atoms with E-state index >= 15 is 0 Å². The van der Waals surface area contributed by atoms with Gasteiger partial charge in [0.2, 0.25) is 0 Å². The highest BCUT2D eigenvalue weighted by Gasteiger charge is 2.25. The van der Waals surface area contributed by atoms with Gasteiger partial charge in [-0.05, 0) is 240 Å². The lowest BCUT2D eigenvalue weighted by Gasteiger charge is -2.19. The van der Waals surface area contributed by atoms with Crippen LogP contribution in [0.5, 0.6) is 0 Å². The standard InChI is InChI=1S/C26H30N4O2.C24H26N4O2.2C23H24N4O2/c1-5-19-14-21-22(15-20(19)13-16(2)3)30(12-6-7-18-10-8-17(4)9-11-18)24-23(27-21)25(31)29-26(32)28-24;1-4-6-18-14-20-19(13-16(18)3)25-21-22(26-24(30)27-23(21)29)28(20)12-5-7-17-10-8-15(2)9-11-17;1-14(2)17-10-11-19-18(13-17)24-20-21(25-23(29)26-22(20)28)27(19)12-4-5-16-8-6-15(3)7-9-16;1-4-17-13-18-19(12-15(17)3)27(11-5-6-16-9-7-14(2)8-10-16)21-20(24-18)22(28)26-23(29)25-21/h8-11,14-16H,5-7,12-13H2,1-4H3,(H,29,31,32);8-11,13-14H,4-7,12H2,1-3H3,(H,27,29,30);6-11,13-14H,4-5,12H2,1-3H3,(H,26,28,29);7-10,12-13H,4-6,11H2,1-3H3,(H,26,28,29). The lowest BCUT2D eigenvalue weighted by molar-refractivity contribution is 0.638. The van der Waals surface area contributed by atoms with Crippen LogP contribution in [0.1, 0.15) is 170 Å². The number of aryl methyl sites for hydroxylation is 17. The van der Waals surface area contributed by atoms with E-state index in [4.69, 9.17) is 0 Å². The lowest BCUT2D eigenvalue weighted by atomic mass is 9.95. The van der Waals surface area contributed by atoms with Crippen LogP contribution in [-0.2, 0) is 77.5 Å². The highest BCUT2D eigenvalue weighted by atomic mass is 16.2. The van der Waals surface area contributed by atoms with E-state index < -0.39 is 45.0 Å². The van der Waals surface area contributed by atoms with Crippen LogP contribution in [0.15, 0.2) is 190 Å². The third-order valence-electron chi connectivity index (χ3n) is 22.1. The van der Waals surface area contributed by atoms with Crippen molar-refractivity contribution in [3.8, 4) is 46.1 Å². The second kappa shape index (κ2) is 37.7. The number of nitrogens with one attached hydrogen (secondary N) is 4. The van der Waals surface area contributed by atoms with E-state index in [1.54, 1.807) is 0 Å². The Balaban J connectivity index is 0.000000138. The lowest BCUT2D eigenvalue weighted by Crippen LogP contribution is -2.29. The van der Waals surface area contributed by atoms with Gasteiger partial charge in [-0.1, -0.05) is 180 Å². The van der Waals surface area contributed by atoms with E-state index in [0.717, 1.165) is 139 Å². The topological polar surface area (TPSA) is 323 Å². The van der Waals surface area contributed by atoms with Crippen molar-refractivity contribution < 1.29 is 0 Å². The molecule has 0 saturated heterocycles. The highest BCUT2D eigenvalue weighted by molar-refractivity contribution is 5.84. The number of nitrogens with zero attached hydrogens (tertiary/aromatic N) is 12. The van der Waals surface area contributed by atoms with Gasteiger partial charge in [0.15, 0.2) is 46.1 Å². The van der Waals surface area contributed by atoms with Gasteiger partial charge in [-0.15, -0.1) is 0 Å². The molecule has 16 rings (SSSR count). The van der Waals surface area contributed by atoms with E-state index in [1.165, 1.54) is 72.3 Å². The summed E-state index contributed by atoms with van der Waals surface area (Å²) in [7, 11) is 0. The Hall–Kier alpha value is -13.1. The molecular formula is C96H104N16O8. The van der Waals surface area contributed by atoms with Gasteiger partial charge < -0.3 is 18.3 Å². The molecule has 0 fully saturated rings. The predicted octanol–water partition coefficient (Wildman–Crippen LogP) is 15.1. The van der Waals surface area contributed by atoms with E-state index in [9.17, 15) is 38.4 Å². The summed E-state index contributed by atoms with van der Waals surface area (Å²) in [5.41, 5.74) is 21.4. The van der Waals surface area contributed by atoms with E-state index in [-0.39, 0.29) is 22.8 Å². The molecule has 0 saturated carbocycles. The quantitative estimate of drug-likeness (QED) is 0.0432. The van der Waals surface area contributed by atoms with E-state index in [1.807, 2.05) is 42.5 Å². The molecule has 0 unspecified atom stereocenters. The van der Waals surface area contributed by atoms with Gasteiger partial charge in [0.1, 0.15) is 0 Å². The average molecular weight is 1610 g/mol. The maximum Gasteiger partial charge on any atom is 0.349 e. The summed E-state index contributed by atoms with van der Waals surface area (Å²) >= 11 is 0. The van der Waals surface area contributed by atoms with Crippen molar-refractivity contribution in [1.82, 2.24) is 78.1 Å². The van der Waals surface area contributed by atoms with Gasteiger partial charge in [-0.25, -0.2) is 39.1 Å². The Bertz CT molecular complexity index is 6770. The zero-order valence-corrected chi connectivity index (χ0v) is 70.7. The maximum atomic E-state index is 12.5. The van der Waals surface area contributed by atoms with Crippen molar-refractivity contribution in [3.05, 3.63) is 318 Å². The molecule has 0 aromatic heterocycles. The number of hydrogen-bond acceptors (Lipinski definition) is 16. The first-order chi connectivity index (χ1) is 57.7. The Morgan fingerprint density at radius 1 is 0.308 bits per heavy atom. The van der Waals surface area contributed by atoms with Crippen molar-refractivity contribution >= 4 is 44.1 Å².